The van der Waals surface area contributed by atoms with Gasteiger partial charge in [-0.15, -0.1) is 0 Å². The Kier molecular flexibility index (Phi) is 8.15. The van der Waals surface area contributed by atoms with Crippen molar-refractivity contribution < 1.29 is 9.47 Å². The van der Waals surface area contributed by atoms with Crippen molar-refractivity contribution in [3.05, 3.63) is 29.3 Å². The Balaban J connectivity index is 2.58. The van der Waals surface area contributed by atoms with Crippen LogP contribution >= 0.6 is 11.8 Å². The number of thioether (sulfide) groups is 1. The average Bonchev–Trinajstić information content (AvgIpc) is 2.44. The lowest BCUT2D eigenvalue weighted by atomic mass is 10.1. The van der Waals surface area contributed by atoms with E-state index in [0.29, 0.717) is 0 Å². The molecule has 4 heteroatoms. The lowest BCUT2D eigenvalue weighted by molar-refractivity contribution is 0.200. The van der Waals surface area contributed by atoms with Gasteiger partial charge in [0.2, 0.25) is 0 Å². The summed E-state index contributed by atoms with van der Waals surface area (Å²) in [5, 5.41) is 3.52. The molecule has 0 fully saturated rings. The standard InChI is InChI=1S/C17H29NO2S/c1-17(2,3)18-12-14-7-8-16(20-5)15(11-14)13-21-10-6-9-19-4/h7-8,11,18H,6,9-10,12-13H2,1-5H3. The quantitative estimate of drug-likeness (QED) is 0.702. The van der Waals surface area contributed by atoms with Crippen LogP contribution in [-0.4, -0.2) is 32.1 Å². The molecule has 0 aliphatic heterocycles. The first-order chi connectivity index (χ1) is 9.96. The molecule has 0 atom stereocenters. The molecule has 0 spiro atoms. The summed E-state index contributed by atoms with van der Waals surface area (Å²) in [4.78, 5) is 0. The molecule has 0 radical (unpaired) electrons. The molecule has 1 N–H and O–H groups in total. The fourth-order valence-corrected chi connectivity index (χ4v) is 2.82. The van der Waals surface area contributed by atoms with Crippen LogP contribution in [0.25, 0.3) is 0 Å². The van der Waals surface area contributed by atoms with Crippen LogP contribution in [0.2, 0.25) is 0 Å². The highest BCUT2D eigenvalue weighted by Gasteiger charge is 2.10. The summed E-state index contributed by atoms with van der Waals surface area (Å²) in [6, 6.07) is 6.46. The van der Waals surface area contributed by atoms with Gasteiger partial charge < -0.3 is 14.8 Å². The van der Waals surface area contributed by atoms with Gasteiger partial charge in [0.15, 0.2) is 0 Å². The van der Waals surface area contributed by atoms with Crippen LogP contribution in [0.15, 0.2) is 18.2 Å². The average molecular weight is 311 g/mol. The molecule has 120 valence electrons. The van der Waals surface area contributed by atoms with E-state index in [1.807, 2.05) is 11.8 Å². The molecule has 1 aromatic rings. The molecule has 1 rings (SSSR count). The van der Waals surface area contributed by atoms with E-state index in [2.05, 4.69) is 44.3 Å². The summed E-state index contributed by atoms with van der Waals surface area (Å²) >= 11 is 1.93. The van der Waals surface area contributed by atoms with Crippen LogP contribution in [0.1, 0.15) is 38.3 Å². The van der Waals surface area contributed by atoms with Gasteiger partial charge in [0.25, 0.3) is 0 Å². The van der Waals surface area contributed by atoms with Crippen molar-refractivity contribution in [3.8, 4) is 5.75 Å². The van der Waals surface area contributed by atoms with Gasteiger partial charge in [-0.3, -0.25) is 0 Å². The number of ether oxygens (including phenoxy) is 2. The molecule has 21 heavy (non-hydrogen) atoms. The zero-order valence-corrected chi connectivity index (χ0v) is 14.8. The number of nitrogens with one attached hydrogen (secondary N) is 1. The highest BCUT2D eigenvalue weighted by Crippen LogP contribution is 2.25. The Morgan fingerprint density at radius 3 is 2.57 bits per heavy atom. The highest BCUT2D eigenvalue weighted by atomic mass is 32.2. The van der Waals surface area contributed by atoms with Crippen molar-refractivity contribution in [1.29, 1.82) is 0 Å². The van der Waals surface area contributed by atoms with Gasteiger partial charge in [0.1, 0.15) is 5.75 Å². The first-order valence-corrected chi connectivity index (χ1v) is 8.59. The Hall–Kier alpha value is -0.710. The summed E-state index contributed by atoms with van der Waals surface area (Å²) < 4.78 is 10.5. The maximum atomic E-state index is 5.47. The van der Waals surface area contributed by atoms with Gasteiger partial charge in [-0.05, 0) is 50.6 Å². The zero-order chi connectivity index (χ0) is 15.7. The minimum absolute atomic E-state index is 0.134. The molecule has 0 aromatic heterocycles. The summed E-state index contributed by atoms with van der Waals surface area (Å²) in [5.41, 5.74) is 2.71. The van der Waals surface area contributed by atoms with Gasteiger partial charge in [-0.2, -0.15) is 11.8 Å². The maximum Gasteiger partial charge on any atom is 0.122 e. The zero-order valence-electron chi connectivity index (χ0n) is 14.0. The fraction of sp³-hybridized carbons (Fsp3) is 0.647. The second kappa shape index (κ2) is 9.34. The second-order valence-electron chi connectivity index (χ2n) is 6.15. The molecule has 1 aromatic carbocycles. The van der Waals surface area contributed by atoms with Crippen LogP contribution in [-0.2, 0) is 17.0 Å². The number of rotatable bonds is 9. The van der Waals surface area contributed by atoms with E-state index in [-0.39, 0.29) is 5.54 Å². The molecule has 0 bridgehead atoms. The van der Waals surface area contributed by atoms with Crippen molar-refractivity contribution in [1.82, 2.24) is 5.32 Å². The lowest BCUT2D eigenvalue weighted by Gasteiger charge is -2.21. The van der Waals surface area contributed by atoms with E-state index in [0.717, 1.165) is 36.8 Å². The largest absolute Gasteiger partial charge is 0.496 e. The Labute approximate surface area is 133 Å². The monoisotopic (exact) mass is 311 g/mol. The predicted molar refractivity (Wildman–Crippen MR) is 92.2 cm³/mol. The molecule has 0 unspecified atom stereocenters. The van der Waals surface area contributed by atoms with Crippen molar-refractivity contribution in [2.45, 2.75) is 45.0 Å². The third kappa shape index (κ3) is 7.74. The number of methoxy groups -OCH3 is 2. The van der Waals surface area contributed by atoms with Gasteiger partial charge in [0.05, 0.1) is 7.11 Å². The van der Waals surface area contributed by atoms with Crippen molar-refractivity contribution in [2.75, 3.05) is 26.6 Å². The summed E-state index contributed by atoms with van der Waals surface area (Å²) in [6.07, 6.45) is 1.09. The van der Waals surface area contributed by atoms with Gasteiger partial charge in [0, 0.05) is 37.1 Å². The molecule has 0 aliphatic carbocycles. The normalized spacial score (nSPS) is 11.7. The predicted octanol–water partition coefficient (Wildman–Crippen LogP) is 3.85. The minimum atomic E-state index is 0.134. The van der Waals surface area contributed by atoms with Gasteiger partial charge in [-0.1, -0.05) is 6.07 Å². The minimum Gasteiger partial charge on any atom is -0.496 e. The van der Waals surface area contributed by atoms with Crippen LogP contribution in [0.4, 0.5) is 0 Å². The van der Waals surface area contributed by atoms with Gasteiger partial charge in [-0.25, -0.2) is 0 Å². The number of hydrogen-bond acceptors (Lipinski definition) is 4. The highest BCUT2D eigenvalue weighted by molar-refractivity contribution is 7.98. The molecule has 0 saturated carbocycles. The summed E-state index contributed by atoms with van der Waals surface area (Å²) in [5.74, 6) is 3.08. The van der Waals surface area contributed by atoms with Crippen LogP contribution in [0.3, 0.4) is 0 Å². The fourth-order valence-electron chi connectivity index (χ4n) is 1.91. The van der Waals surface area contributed by atoms with E-state index in [1.165, 1.54) is 11.1 Å². The lowest BCUT2D eigenvalue weighted by Crippen LogP contribution is -2.35. The van der Waals surface area contributed by atoms with E-state index in [9.17, 15) is 0 Å². The Bertz CT molecular complexity index is 416. The smallest absolute Gasteiger partial charge is 0.122 e. The van der Waals surface area contributed by atoms with E-state index in [1.54, 1.807) is 14.2 Å². The first kappa shape index (κ1) is 18.3. The van der Waals surface area contributed by atoms with E-state index < -0.39 is 0 Å². The number of benzene rings is 1. The topological polar surface area (TPSA) is 30.5 Å². The maximum absolute atomic E-state index is 5.47. The van der Waals surface area contributed by atoms with Crippen molar-refractivity contribution in [3.63, 3.8) is 0 Å². The molecule has 3 nitrogen and oxygen atoms in total. The van der Waals surface area contributed by atoms with Gasteiger partial charge >= 0.3 is 0 Å². The van der Waals surface area contributed by atoms with Crippen molar-refractivity contribution in [2.24, 2.45) is 0 Å². The SMILES string of the molecule is COCCCSCc1cc(CNC(C)(C)C)ccc1OC. The molecular weight excluding hydrogens is 282 g/mol. The molecule has 0 aliphatic rings. The van der Waals surface area contributed by atoms with Crippen LogP contribution in [0.5, 0.6) is 5.75 Å². The molecular formula is C17H29NO2S. The summed E-state index contributed by atoms with van der Waals surface area (Å²) in [6.45, 7) is 8.27. The van der Waals surface area contributed by atoms with E-state index >= 15 is 0 Å². The van der Waals surface area contributed by atoms with Crippen molar-refractivity contribution >= 4 is 11.8 Å². The molecule has 0 heterocycles. The van der Waals surface area contributed by atoms with Crippen LogP contribution < -0.4 is 10.1 Å². The molecule has 0 saturated heterocycles. The Morgan fingerprint density at radius 2 is 1.95 bits per heavy atom. The Morgan fingerprint density at radius 1 is 1.19 bits per heavy atom. The third-order valence-electron chi connectivity index (χ3n) is 3.06. The van der Waals surface area contributed by atoms with E-state index in [4.69, 9.17) is 9.47 Å². The van der Waals surface area contributed by atoms with Crippen LogP contribution in [0, 0.1) is 0 Å². The molecule has 0 amide bonds. The third-order valence-corrected chi connectivity index (χ3v) is 4.15. The second-order valence-corrected chi connectivity index (χ2v) is 7.25. The number of hydrogen-bond donors (Lipinski definition) is 1. The first-order valence-electron chi connectivity index (χ1n) is 7.44. The summed E-state index contributed by atoms with van der Waals surface area (Å²) in [7, 11) is 3.49.